The molecule has 0 atom stereocenters. The van der Waals surface area contributed by atoms with Crippen LogP contribution in [0.4, 0.5) is 8.78 Å². The summed E-state index contributed by atoms with van der Waals surface area (Å²) in [5, 5.41) is 8.47. The Balaban J connectivity index is 3.17. The monoisotopic (exact) mass is 209 g/mol. The first-order chi connectivity index (χ1) is 7.10. The second kappa shape index (κ2) is 4.56. The van der Waals surface area contributed by atoms with E-state index in [0.717, 1.165) is 12.1 Å². The quantitative estimate of drug-likeness (QED) is 0.717. The summed E-state index contributed by atoms with van der Waals surface area (Å²) in [5.74, 6) is -1.44. The van der Waals surface area contributed by atoms with Gasteiger partial charge in [-0.25, -0.2) is 8.78 Å². The van der Waals surface area contributed by atoms with Crippen molar-refractivity contribution in [3.63, 3.8) is 0 Å². The summed E-state index contributed by atoms with van der Waals surface area (Å²) in [5.41, 5.74) is -0.395. The molecule has 0 amide bonds. The van der Waals surface area contributed by atoms with E-state index in [9.17, 15) is 8.78 Å². The molecule has 1 aromatic rings. The minimum atomic E-state index is -0.783. The maximum absolute atomic E-state index is 13.3. The van der Waals surface area contributed by atoms with Gasteiger partial charge in [0, 0.05) is 0 Å². The van der Waals surface area contributed by atoms with Crippen molar-refractivity contribution in [3.8, 4) is 6.07 Å². The largest absolute Gasteiger partial charge is 0.494 e. The summed E-state index contributed by atoms with van der Waals surface area (Å²) in [7, 11) is 0. The fourth-order valence-corrected chi connectivity index (χ4v) is 1.10. The molecule has 0 aromatic heterocycles. The number of nitriles is 1. The van der Waals surface area contributed by atoms with E-state index in [-0.39, 0.29) is 16.9 Å². The van der Waals surface area contributed by atoms with E-state index in [2.05, 4.69) is 6.58 Å². The van der Waals surface area contributed by atoms with Crippen molar-refractivity contribution >= 4 is 5.76 Å². The van der Waals surface area contributed by atoms with Crippen LogP contribution in [0.5, 0.6) is 0 Å². The maximum atomic E-state index is 13.3. The zero-order valence-electron chi connectivity index (χ0n) is 8.18. The van der Waals surface area contributed by atoms with Crippen LogP contribution in [0.15, 0.2) is 18.7 Å². The molecule has 78 valence electrons. The number of nitrogens with zero attached hydrogens (tertiary/aromatic N) is 1. The van der Waals surface area contributed by atoms with Gasteiger partial charge in [0.25, 0.3) is 0 Å². The molecule has 0 unspecified atom stereocenters. The third kappa shape index (κ3) is 2.32. The van der Waals surface area contributed by atoms with Crippen molar-refractivity contribution in [1.29, 1.82) is 5.26 Å². The van der Waals surface area contributed by atoms with Gasteiger partial charge >= 0.3 is 0 Å². The first kappa shape index (κ1) is 11.2. The van der Waals surface area contributed by atoms with E-state index >= 15 is 0 Å². The van der Waals surface area contributed by atoms with Crippen LogP contribution < -0.4 is 0 Å². The summed E-state index contributed by atoms with van der Waals surface area (Å²) in [6, 6.07) is 3.29. The second-order valence-electron chi connectivity index (χ2n) is 2.78. The Bertz CT molecular complexity index is 435. The lowest BCUT2D eigenvalue weighted by Gasteiger charge is -2.08. The zero-order valence-corrected chi connectivity index (χ0v) is 8.18. The van der Waals surface area contributed by atoms with Crippen molar-refractivity contribution in [3.05, 3.63) is 41.5 Å². The van der Waals surface area contributed by atoms with Crippen molar-refractivity contribution in [2.24, 2.45) is 0 Å². The van der Waals surface area contributed by atoms with Crippen LogP contribution in [0.3, 0.4) is 0 Å². The Labute approximate surface area is 86.4 Å². The molecule has 0 heterocycles. The summed E-state index contributed by atoms with van der Waals surface area (Å²) < 4.78 is 31.4. The molecule has 0 aliphatic carbocycles. The first-order valence-corrected chi connectivity index (χ1v) is 4.31. The Hall–Kier alpha value is -1.89. The van der Waals surface area contributed by atoms with Crippen LogP contribution in [-0.4, -0.2) is 6.61 Å². The Morgan fingerprint density at radius 1 is 1.47 bits per heavy atom. The highest BCUT2D eigenvalue weighted by Gasteiger charge is 2.12. The SMILES string of the molecule is C=C(OCC)c1cc(F)c(C#N)cc1F. The van der Waals surface area contributed by atoms with E-state index in [1.165, 1.54) is 0 Å². The molecule has 15 heavy (non-hydrogen) atoms. The molecule has 1 rings (SSSR count). The summed E-state index contributed by atoms with van der Waals surface area (Å²) in [6.07, 6.45) is 0. The number of benzene rings is 1. The molecule has 2 nitrogen and oxygen atoms in total. The smallest absolute Gasteiger partial charge is 0.141 e. The highest BCUT2D eigenvalue weighted by Crippen LogP contribution is 2.21. The Morgan fingerprint density at radius 2 is 2.13 bits per heavy atom. The van der Waals surface area contributed by atoms with E-state index in [1.54, 1.807) is 13.0 Å². The van der Waals surface area contributed by atoms with Crippen LogP contribution in [-0.2, 0) is 4.74 Å². The zero-order chi connectivity index (χ0) is 11.4. The van der Waals surface area contributed by atoms with Gasteiger partial charge in [-0.15, -0.1) is 0 Å². The normalized spacial score (nSPS) is 9.47. The highest BCUT2D eigenvalue weighted by atomic mass is 19.1. The summed E-state index contributed by atoms with van der Waals surface area (Å²) in [6.45, 7) is 5.49. The molecular formula is C11H9F2NO. The third-order valence-electron chi connectivity index (χ3n) is 1.80. The van der Waals surface area contributed by atoms with Gasteiger partial charge in [0.05, 0.1) is 17.7 Å². The maximum Gasteiger partial charge on any atom is 0.141 e. The highest BCUT2D eigenvalue weighted by molar-refractivity contribution is 5.59. The lowest BCUT2D eigenvalue weighted by atomic mass is 10.1. The average molecular weight is 209 g/mol. The number of hydrogen-bond donors (Lipinski definition) is 0. The van der Waals surface area contributed by atoms with Crippen molar-refractivity contribution in [2.75, 3.05) is 6.61 Å². The molecule has 0 radical (unpaired) electrons. The lowest BCUT2D eigenvalue weighted by molar-refractivity contribution is 0.297. The fourth-order valence-electron chi connectivity index (χ4n) is 1.10. The molecule has 1 aromatic carbocycles. The predicted octanol–water partition coefficient (Wildman–Crippen LogP) is 2.84. The fraction of sp³-hybridized carbons (Fsp3) is 0.182. The molecule has 0 spiro atoms. The average Bonchev–Trinajstić information content (AvgIpc) is 2.21. The van der Waals surface area contributed by atoms with Gasteiger partial charge < -0.3 is 4.74 Å². The van der Waals surface area contributed by atoms with Gasteiger partial charge in [-0.1, -0.05) is 6.58 Å². The van der Waals surface area contributed by atoms with Gasteiger partial charge in [-0.05, 0) is 19.1 Å². The van der Waals surface area contributed by atoms with Crippen molar-refractivity contribution < 1.29 is 13.5 Å². The molecule has 0 bridgehead atoms. The minimum Gasteiger partial charge on any atom is -0.494 e. The first-order valence-electron chi connectivity index (χ1n) is 4.31. The van der Waals surface area contributed by atoms with E-state index in [1.807, 2.05) is 0 Å². The third-order valence-corrected chi connectivity index (χ3v) is 1.80. The van der Waals surface area contributed by atoms with Crippen LogP contribution in [0.2, 0.25) is 0 Å². The number of halogens is 2. The van der Waals surface area contributed by atoms with Gasteiger partial charge in [-0.2, -0.15) is 5.26 Å². The second-order valence-corrected chi connectivity index (χ2v) is 2.78. The van der Waals surface area contributed by atoms with Crippen molar-refractivity contribution in [1.82, 2.24) is 0 Å². The number of rotatable bonds is 3. The lowest BCUT2D eigenvalue weighted by Crippen LogP contribution is -1.97. The molecule has 0 aliphatic heterocycles. The Kier molecular flexibility index (Phi) is 3.40. The van der Waals surface area contributed by atoms with Gasteiger partial charge in [0.1, 0.15) is 23.5 Å². The molecule has 0 aliphatic rings. The van der Waals surface area contributed by atoms with E-state index in [4.69, 9.17) is 10.00 Å². The standard InChI is InChI=1S/C11H9F2NO/c1-3-15-7(2)9-5-10(12)8(6-14)4-11(9)13/h4-5H,2-3H2,1H3. The number of ether oxygens (including phenoxy) is 1. The van der Waals surface area contributed by atoms with Crippen LogP contribution >= 0.6 is 0 Å². The molecule has 0 saturated carbocycles. The van der Waals surface area contributed by atoms with Crippen LogP contribution in [0.1, 0.15) is 18.1 Å². The van der Waals surface area contributed by atoms with Crippen molar-refractivity contribution in [2.45, 2.75) is 6.92 Å². The van der Waals surface area contributed by atoms with Gasteiger partial charge in [0.15, 0.2) is 0 Å². The topological polar surface area (TPSA) is 33.0 Å². The molecule has 0 N–H and O–H groups in total. The number of hydrogen-bond acceptors (Lipinski definition) is 2. The van der Waals surface area contributed by atoms with E-state index in [0.29, 0.717) is 6.61 Å². The molecule has 4 heteroatoms. The van der Waals surface area contributed by atoms with Gasteiger partial charge in [0.2, 0.25) is 0 Å². The molecule has 0 saturated heterocycles. The Morgan fingerprint density at radius 3 is 2.67 bits per heavy atom. The van der Waals surface area contributed by atoms with Crippen LogP contribution in [0, 0.1) is 23.0 Å². The van der Waals surface area contributed by atoms with E-state index < -0.39 is 11.6 Å². The van der Waals surface area contributed by atoms with Crippen LogP contribution in [0.25, 0.3) is 5.76 Å². The predicted molar refractivity (Wildman–Crippen MR) is 51.7 cm³/mol. The minimum absolute atomic E-state index is 0.0541. The molecule has 0 fully saturated rings. The summed E-state index contributed by atoms with van der Waals surface area (Å²) in [4.78, 5) is 0. The summed E-state index contributed by atoms with van der Waals surface area (Å²) >= 11 is 0. The van der Waals surface area contributed by atoms with Gasteiger partial charge in [-0.3, -0.25) is 0 Å². The molecular weight excluding hydrogens is 200 g/mol.